The predicted octanol–water partition coefficient (Wildman–Crippen LogP) is 2.63. The normalized spacial score (nSPS) is 19.0. The van der Waals surface area contributed by atoms with E-state index in [4.69, 9.17) is 5.73 Å². The molecule has 2 N–H and O–H groups in total. The number of rotatable bonds is 11. The highest BCUT2D eigenvalue weighted by Crippen LogP contribution is 2.41. The van der Waals surface area contributed by atoms with Crippen molar-refractivity contribution in [1.82, 2.24) is 0 Å². The van der Waals surface area contributed by atoms with Gasteiger partial charge in [0.15, 0.2) is 11.9 Å². The van der Waals surface area contributed by atoms with Crippen LogP contribution in [-0.4, -0.2) is 63.3 Å². The van der Waals surface area contributed by atoms with Crippen molar-refractivity contribution in [3.05, 3.63) is 0 Å². The van der Waals surface area contributed by atoms with E-state index in [1.54, 1.807) is 0 Å². The Morgan fingerprint density at radius 1 is 0.958 bits per heavy atom. The van der Waals surface area contributed by atoms with E-state index in [-0.39, 0.29) is 0 Å². The zero-order valence-corrected chi connectivity index (χ0v) is 14.0. The van der Waals surface area contributed by atoms with Crippen molar-refractivity contribution in [3.8, 4) is 0 Å². The van der Waals surface area contributed by atoms with Gasteiger partial charge in [0.2, 0.25) is 0 Å². The molecule has 0 spiro atoms. The van der Waals surface area contributed by atoms with Crippen LogP contribution in [0.4, 0.5) is 26.3 Å². The minimum Gasteiger partial charge on any atom is -0.381 e. The van der Waals surface area contributed by atoms with Crippen LogP contribution in [0.1, 0.15) is 20.8 Å². The summed E-state index contributed by atoms with van der Waals surface area (Å²) in [6.45, 7) is -0.0892. The SMILES string of the molecule is COCC(F)C(C)(N)OC(F)C(F)(F)C(C)(C)OC(F)(F)COC. The Bertz CT molecular complexity index is 395. The standard InChI is InChI=1S/C13H23F6NO4/c1-10(2,24-12(16,17)7-22-5)13(18,19)9(15)23-11(3,20)8(14)6-21-4/h8-9H,6-7,20H2,1-5H3. The monoisotopic (exact) mass is 371 g/mol. The van der Waals surface area contributed by atoms with Crippen LogP contribution in [0.15, 0.2) is 0 Å². The molecule has 0 rings (SSSR count). The van der Waals surface area contributed by atoms with E-state index in [9.17, 15) is 26.3 Å². The van der Waals surface area contributed by atoms with Crippen LogP contribution in [0.5, 0.6) is 0 Å². The minimum atomic E-state index is -4.59. The Morgan fingerprint density at radius 3 is 1.88 bits per heavy atom. The number of hydrogen-bond donors (Lipinski definition) is 1. The van der Waals surface area contributed by atoms with Crippen molar-refractivity contribution in [2.24, 2.45) is 5.73 Å². The second kappa shape index (κ2) is 8.17. The van der Waals surface area contributed by atoms with Gasteiger partial charge in [0, 0.05) is 14.2 Å². The first kappa shape index (κ1) is 23.4. The van der Waals surface area contributed by atoms with Crippen LogP contribution in [-0.2, 0) is 18.9 Å². The van der Waals surface area contributed by atoms with Gasteiger partial charge in [-0.2, -0.15) is 17.6 Å². The molecule has 146 valence electrons. The first-order chi connectivity index (χ1) is 10.6. The van der Waals surface area contributed by atoms with Crippen LogP contribution in [0.3, 0.4) is 0 Å². The van der Waals surface area contributed by atoms with Gasteiger partial charge in [0.05, 0.1) is 6.61 Å². The maximum Gasteiger partial charge on any atom is 0.379 e. The molecule has 0 aliphatic rings. The second-order valence-corrected chi connectivity index (χ2v) is 5.85. The van der Waals surface area contributed by atoms with Crippen LogP contribution in [0, 0.1) is 0 Å². The molecular formula is C13H23F6NO4. The summed E-state index contributed by atoms with van der Waals surface area (Å²) in [6, 6.07) is 0. The minimum absolute atomic E-state index is 0.530. The molecule has 0 amide bonds. The van der Waals surface area contributed by atoms with E-state index in [0.29, 0.717) is 13.8 Å². The van der Waals surface area contributed by atoms with Crippen molar-refractivity contribution < 1.29 is 45.3 Å². The maximum atomic E-state index is 14.1. The Labute approximate surface area is 136 Å². The third kappa shape index (κ3) is 6.03. The molecule has 3 unspecified atom stereocenters. The molecule has 0 aromatic rings. The molecule has 0 aliphatic heterocycles. The van der Waals surface area contributed by atoms with Crippen LogP contribution in [0.2, 0.25) is 0 Å². The van der Waals surface area contributed by atoms with E-state index in [1.165, 1.54) is 0 Å². The largest absolute Gasteiger partial charge is 0.381 e. The quantitative estimate of drug-likeness (QED) is 0.447. The van der Waals surface area contributed by atoms with E-state index < -0.39 is 49.1 Å². The summed E-state index contributed by atoms with van der Waals surface area (Å²) in [5, 5.41) is 0. The molecule has 0 radical (unpaired) electrons. The molecule has 5 nitrogen and oxygen atoms in total. The molecule has 0 aromatic heterocycles. The summed E-state index contributed by atoms with van der Waals surface area (Å²) in [6.07, 6.45) is -9.77. The van der Waals surface area contributed by atoms with Crippen molar-refractivity contribution >= 4 is 0 Å². The van der Waals surface area contributed by atoms with Crippen LogP contribution in [0.25, 0.3) is 0 Å². The Balaban J connectivity index is 5.19. The highest BCUT2D eigenvalue weighted by Gasteiger charge is 2.60. The van der Waals surface area contributed by atoms with Gasteiger partial charge in [0.25, 0.3) is 6.36 Å². The van der Waals surface area contributed by atoms with E-state index in [2.05, 4.69) is 18.9 Å². The van der Waals surface area contributed by atoms with E-state index >= 15 is 0 Å². The maximum absolute atomic E-state index is 14.1. The van der Waals surface area contributed by atoms with Gasteiger partial charge in [-0.15, -0.1) is 0 Å². The first-order valence-electron chi connectivity index (χ1n) is 6.81. The topological polar surface area (TPSA) is 62.9 Å². The first-order valence-corrected chi connectivity index (χ1v) is 6.81. The summed E-state index contributed by atoms with van der Waals surface area (Å²) in [7, 11) is 2.01. The van der Waals surface area contributed by atoms with Gasteiger partial charge < -0.3 is 24.7 Å². The average molecular weight is 371 g/mol. The molecule has 0 fully saturated rings. The van der Waals surface area contributed by atoms with Gasteiger partial charge in [-0.05, 0) is 20.8 Å². The molecule has 0 aromatic carbocycles. The van der Waals surface area contributed by atoms with Crippen molar-refractivity contribution in [1.29, 1.82) is 0 Å². The zero-order valence-electron chi connectivity index (χ0n) is 14.0. The van der Waals surface area contributed by atoms with Crippen LogP contribution < -0.4 is 5.73 Å². The Morgan fingerprint density at radius 2 is 1.46 bits per heavy atom. The van der Waals surface area contributed by atoms with Gasteiger partial charge >= 0.3 is 12.0 Å². The number of methoxy groups -OCH3 is 2. The van der Waals surface area contributed by atoms with Crippen molar-refractivity contribution in [2.75, 3.05) is 27.4 Å². The molecule has 0 aliphatic carbocycles. The van der Waals surface area contributed by atoms with E-state index in [0.717, 1.165) is 21.1 Å². The lowest BCUT2D eigenvalue weighted by Crippen LogP contribution is -2.60. The van der Waals surface area contributed by atoms with Crippen molar-refractivity contribution in [2.45, 2.75) is 56.7 Å². The van der Waals surface area contributed by atoms with Gasteiger partial charge in [-0.1, -0.05) is 0 Å². The zero-order chi connectivity index (χ0) is 19.4. The summed E-state index contributed by atoms with van der Waals surface area (Å²) < 4.78 is 99.3. The van der Waals surface area contributed by atoms with Gasteiger partial charge in [-0.25, -0.2) is 8.78 Å². The number of hydrogen-bond acceptors (Lipinski definition) is 5. The number of alkyl halides is 6. The fourth-order valence-corrected chi connectivity index (χ4v) is 1.59. The fraction of sp³-hybridized carbons (Fsp3) is 1.00. The summed E-state index contributed by atoms with van der Waals surface area (Å²) >= 11 is 0. The molecule has 3 atom stereocenters. The smallest absolute Gasteiger partial charge is 0.379 e. The Hall–Kier alpha value is -0.620. The molecule has 0 saturated carbocycles. The molecular weight excluding hydrogens is 348 g/mol. The van der Waals surface area contributed by atoms with Gasteiger partial charge in [-0.3, -0.25) is 0 Å². The second-order valence-electron chi connectivity index (χ2n) is 5.85. The lowest BCUT2D eigenvalue weighted by molar-refractivity contribution is -0.374. The van der Waals surface area contributed by atoms with E-state index in [1.807, 2.05) is 0 Å². The lowest BCUT2D eigenvalue weighted by Gasteiger charge is -2.40. The third-order valence-electron chi connectivity index (χ3n) is 3.10. The number of halogens is 6. The molecule has 0 saturated heterocycles. The predicted molar refractivity (Wildman–Crippen MR) is 72.3 cm³/mol. The van der Waals surface area contributed by atoms with Crippen LogP contribution >= 0.6 is 0 Å². The summed E-state index contributed by atoms with van der Waals surface area (Å²) in [5.74, 6) is -4.59. The van der Waals surface area contributed by atoms with Gasteiger partial charge in [0.1, 0.15) is 12.2 Å². The molecule has 11 heteroatoms. The Kier molecular flexibility index (Phi) is 7.96. The molecule has 0 heterocycles. The molecule has 24 heavy (non-hydrogen) atoms. The fourth-order valence-electron chi connectivity index (χ4n) is 1.59. The summed E-state index contributed by atoms with van der Waals surface area (Å²) in [4.78, 5) is 0. The average Bonchev–Trinajstić information content (AvgIpc) is 2.36. The number of ether oxygens (including phenoxy) is 4. The third-order valence-corrected chi connectivity index (χ3v) is 3.10. The molecule has 0 bridgehead atoms. The van der Waals surface area contributed by atoms with Crippen molar-refractivity contribution in [3.63, 3.8) is 0 Å². The highest BCUT2D eigenvalue weighted by molar-refractivity contribution is 4.92. The summed E-state index contributed by atoms with van der Waals surface area (Å²) in [5.41, 5.74) is -0.196. The number of nitrogens with two attached hydrogens (primary N) is 1. The lowest BCUT2D eigenvalue weighted by atomic mass is 9.99. The highest BCUT2D eigenvalue weighted by atomic mass is 19.3.